The minimum Gasteiger partial charge on any atom is -0.489 e. The van der Waals surface area contributed by atoms with Crippen molar-refractivity contribution in [2.24, 2.45) is 11.3 Å². The number of benzene rings is 4. The van der Waals surface area contributed by atoms with Gasteiger partial charge in [-0.3, -0.25) is 9.69 Å². The lowest BCUT2D eigenvalue weighted by molar-refractivity contribution is -0.138. The molecule has 1 unspecified atom stereocenters. The molecule has 1 aliphatic rings. The van der Waals surface area contributed by atoms with Gasteiger partial charge in [-0.2, -0.15) is 13.2 Å². The monoisotopic (exact) mass is 678 g/mol. The smallest absolute Gasteiger partial charge is 0.416 e. The number of likely N-dealkylation sites (N-methyl/N-ethyl adjacent to an activating group) is 1. The Hall–Kier alpha value is -5.08. The molecular weight excluding hydrogens is 637 g/mol. The van der Waals surface area contributed by atoms with E-state index < -0.39 is 17.7 Å². The maximum atomic E-state index is 13.2. The third-order valence-electron chi connectivity index (χ3n) is 9.61. The van der Waals surface area contributed by atoms with Crippen molar-refractivity contribution in [1.82, 2.24) is 9.47 Å². The molecule has 4 aromatic carbocycles. The Bertz CT molecular complexity index is 2010. The number of halogens is 3. The number of rotatable bonds is 12. The number of carboxylic acid groups (broad SMARTS) is 1. The lowest BCUT2D eigenvalue weighted by atomic mass is 9.66. The van der Waals surface area contributed by atoms with Gasteiger partial charge in [0.15, 0.2) is 0 Å². The van der Waals surface area contributed by atoms with Crippen LogP contribution >= 0.6 is 0 Å². The molecule has 1 aliphatic carbocycles. The number of nitrogens with zero attached hydrogens (tertiary/aromatic N) is 2. The third kappa shape index (κ3) is 7.87. The molecule has 5 nitrogen and oxygen atoms in total. The Labute approximate surface area is 290 Å². The molecule has 0 bridgehead atoms. The zero-order chi connectivity index (χ0) is 35.5. The van der Waals surface area contributed by atoms with E-state index in [1.165, 1.54) is 23.3 Å². The Morgan fingerprint density at radius 3 is 2.26 bits per heavy atom. The van der Waals surface area contributed by atoms with E-state index in [9.17, 15) is 23.1 Å². The summed E-state index contributed by atoms with van der Waals surface area (Å²) in [5.74, 6) is -0.185. The van der Waals surface area contributed by atoms with Crippen molar-refractivity contribution in [1.29, 1.82) is 0 Å². The van der Waals surface area contributed by atoms with Crippen molar-refractivity contribution >= 4 is 22.4 Å². The van der Waals surface area contributed by atoms with Gasteiger partial charge >= 0.3 is 12.1 Å². The number of aromatic nitrogens is 1. The van der Waals surface area contributed by atoms with Crippen LogP contribution in [0.1, 0.15) is 47.2 Å². The third-order valence-corrected chi connectivity index (χ3v) is 9.61. The summed E-state index contributed by atoms with van der Waals surface area (Å²) in [6.07, 6.45) is 5.20. The normalized spacial score (nSPS) is 15.7. The van der Waals surface area contributed by atoms with Gasteiger partial charge in [-0.25, -0.2) is 0 Å². The summed E-state index contributed by atoms with van der Waals surface area (Å²) in [5, 5.41) is 10.5. The minimum atomic E-state index is -4.42. The van der Waals surface area contributed by atoms with E-state index in [1.807, 2.05) is 30.3 Å². The summed E-state index contributed by atoms with van der Waals surface area (Å²) < 4.78 is 48.2. The first-order chi connectivity index (χ1) is 23.9. The first-order valence-corrected chi connectivity index (χ1v) is 16.7. The van der Waals surface area contributed by atoms with Crippen molar-refractivity contribution in [2.45, 2.75) is 46.1 Å². The van der Waals surface area contributed by atoms with Gasteiger partial charge in [0.1, 0.15) is 12.4 Å². The second kappa shape index (κ2) is 14.4. The van der Waals surface area contributed by atoms with Crippen molar-refractivity contribution < 1.29 is 27.8 Å². The summed E-state index contributed by atoms with van der Waals surface area (Å²) >= 11 is 0. The fourth-order valence-electron chi connectivity index (χ4n) is 6.88. The maximum Gasteiger partial charge on any atom is 0.416 e. The highest BCUT2D eigenvalue weighted by Gasteiger charge is 2.35. The molecule has 50 heavy (non-hydrogen) atoms. The highest BCUT2D eigenvalue weighted by atomic mass is 19.4. The molecule has 6 rings (SSSR count). The predicted molar refractivity (Wildman–Crippen MR) is 192 cm³/mol. The molecule has 0 saturated carbocycles. The fourth-order valence-corrected chi connectivity index (χ4v) is 6.88. The topological polar surface area (TPSA) is 54.7 Å². The lowest BCUT2D eigenvalue weighted by Crippen LogP contribution is -2.27. The van der Waals surface area contributed by atoms with E-state index >= 15 is 0 Å². The van der Waals surface area contributed by atoms with Gasteiger partial charge in [-0.15, -0.1) is 0 Å². The van der Waals surface area contributed by atoms with Crippen LogP contribution < -0.4 is 4.74 Å². The summed E-state index contributed by atoms with van der Waals surface area (Å²) in [5.41, 5.74) is 6.29. The Balaban J connectivity index is 1.40. The zero-order valence-corrected chi connectivity index (χ0v) is 28.5. The number of aliphatic carboxylic acids is 1. The quantitative estimate of drug-likeness (QED) is 0.143. The van der Waals surface area contributed by atoms with E-state index in [1.54, 1.807) is 11.9 Å². The SMILES string of the molecule is CN(CC(=O)O)Cc1cc2c(cc1OCc1ccc(C(F)(F)F)cc1)c(CC1C=CC=C(c3ccccc3)C1(C)C)cn2Cc1ccccc1. The van der Waals surface area contributed by atoms with Crippen LogP contribution in [0.15, 0.2) is 121 Å². The van der Waals surface area contributed by atoms with Crippen LogP contribution in [0.2, 0.25) is 0 Å². The van der Waals surface area contributed by atoms with Crippen LogP contribution in [-0.2, 0) is 37.1 Å². The molecule has 1 atom stereocenters. The van der Waals surface area contributed by atoms with E-state index in [4.69, 9.17) is 4.74 Å². The molecule has 258 valence electrons. The lowest BCUT2D eigenvalue weighted by Gasteiger charge is -2.37. The highest BCUT2D eigenvalue weighted by Crippen LogP contribution is 2.46. The van der Waals surface area contributed by atoms with Gasteiger partial charge in [0.25, 0.3) is 0 Å². The molecule has 0 amide bonds. The number of ether oxygens (including phenoxy) is 1. The van der Waals surface area contributed by atoms with Crippen molar-refractivity contribution in [2.75, 3.05) is 13.6 Å². The first-order valence-electron chi connectivity index (χ1n) is 16.7. The Morgan fingerprint density at radius 1 is 0.920 bits per heavy atom. The number of hydrogen-bond donors (Lipinski definition) is 1. The van der Waals surface area contributed by atoms with Crippen molar-refractivity contribution in [3.05, 3.63) is 155 Å². The number of hydrogen-bond acceptors (Lipinski definition) is 3. The van der Waals surface area contributed by atoms with Crippen LogP contribution in [0.5, 0.6) is 5.75 Å². The summed E-state index contributed by atoms with van der Waals surface area (Å²) in [6, 6.07) is 29.7. The Kier molecular flexibility index (Phi) is 10.0. The van der Waals surface area contributed by atoms with Gasteiger partial charge in [0.2, 0.25) is 0 Å². The average Bonchev–Trinajstić information content (AvgIpc) is 3.39. The summed E-state index contributed by atoms with van der Waals surface area (Å²) in [6.45, 7) is 5.43. The van der Waals surface area contributed by atoms with Crippen LogP contribution in [0.4, 0.5) is 13.2 Å². The standard InChI is InChI=1S/C42H41F3N2O3/c1-41(2)35(15-10-16-37(41)31-13-8-5-9-14-31)21-32-26-47(24-29-11-6-4-7-12-29)38-22-33(25-46(3)27-40(48)49)39(23-36(32)38)50-28-30-17-19-34(20-18-30)42(43,44)45/h4-20,22-23,26,35H,21,24-25,27-28H2,1-3H3,(H,48,49). The van der Waals surface area contributed by atoms with Gasteiger partial charge in [0, 0.05) is 35.8 Å². The van der Waals surface area contributed by atoms with Crippen LogP contribution in [0.25, 0.3) is 16.5 Å². The second-order valence-electron chi connectivity index (χ2n) is 13.7. The van der Waals surface area contributed by atoms with Gasteiger partial charge in [-0.05, 0) is 76.9 Å². The molecule has 0 aliphatic heterocycles. The largest absolute Gasteiger partial charge is 0.489 e. The molecule has 0 spiro atoms. The highest BCUT2D eigenvalue weighted by molar-refractivity contribution is 5.87. The molecular formula is C42H41F3N2O3. The number of allylic oxidation sites excluding steroid dienone is 4. The zero-order valence-electron chi connectivity index (χ0n) is 28.5. The molecule has 0 saturated heterocycles. The van der Waals surface area contributed by atoms with Crippen LogP contribution in [-0.4, -0.2) is 34.1 Å². The summed E-state index contributed by atoms with van der Waals surface area (Å²) in [7, 11) is 1.74. The van der Waals surface area contributed by atoms with Crippen molar-refractivity contribution in [3.8, 4) is 5.75 Å². The maximum absolute atomic E-state index is 13.2. The number of carbonyl (C=O) groups is 1. The fraction of sp³-hybridized carbons (Fsp3) is 0.262. The molecule has 0 radical (unpaired) electrons. The molecule has 0 fully saturated rings. The van der Waals surface area contributed by atoms with Gasteiger partial charge < -0.3 is 14.4 Å². The van der Waals surface area contributed by atoms with E-state index in [0.717, 1.165) is 46.1 Å². The minimum absolute atomic E-state index is 0.0585. The van der Waals surface area contributed by atoms with Crippen LogP contribution in [0.3, 0.4) is 0 Å². The predicted octanol–water partition coefficient (Wildman–Crippen LogP) is 9.64. The first kappa shape index (κ1) is 34.8. The molecule has 5 aromatic rings. The van der Waals surface area contributed by atoms with Crippen molar-refractivity contribution in [3.63, 3.8) is 0 Å². The average molecular weight is 679 g/mol. The number of alkyl halides is 3. The molecule has 8 heteroatoms. The Morgan fingerprint density at radius 2 is 1.60 bits per heavy atom. The second-order valence-corrected chi connectivity index (χ2v) is 13.7. The molecule has 1 N–H and O–H groups in total. The van der Waals surface area contributed by atoms with E-state index in [0.29, 0.717) is 24.4 Å². The summed E-state index contributed by atoms with van der Waals surface area (Å²) in [4.78, 5) is 13.3. The molecule has 1 heterocycles. The van der Waals surface area contributed by atoms with Gasteiger partial charge in [0.05, 0.1) is 12.1 Å². The van der Waals surface area contributed by atoms with E-state index in [2.05, 4.69) is 85.3 Å². The molecule has 1 aromatic heterocycles. The number of fused-ring (bicyclic) bond motifs is 1. The van der Waals surface area contributed by atoms with Gasteiger partial charge in [-0.1, -0.05) is 105 Å². The van der Waals surface area contributed by atoms with E-state index in [-0.39, 0.29) is 24.5 Å². The van der Waals surface area contributed by atoms with Crippen LogP contribution in [0, 0.1) is 11.3 Å². The number of carboxylic acids is 1.